The molecule has 0 radical (unpaired) electrons. The maximum absolute atomic E-state index is 12.5. The number of nitrogens with zero attached hydrogens (tertiary/aromatic N) is 6. The van der Waals surface area contributed by atoms with E-state index in [-0.39, 0.29) is 11.8 Å². The van der Waals surface area contributed by atoms with Gasteiger partial charge in [-0.2, -0.15) is 5.10 Å². The minimum absolute atomic E-state index is 0.0517. The molecule has 0 aliphatic carbocycles. The lowest BCUT2D eigenvalue weighted by Gasteiger charge is -2.32. The van der Waals surface area contributed by atoms with Crippen molar-refractivity contribution in [1.29, 1.82) is 0 Å². The first-order valence-corrected chi connectivity index (χ1v) is 8.52. The van der Waals surface area contributed by atoms with E-state index >= 15 is 0 Å². The van der Waals surface area contributed by atoms with Crippen LogP contribution in [-0.2, 0) is 4.79 Å². The third-order valence-electron chi connectivity index (χ3n) is 4.37. The van der Waals surface area contributed by atoms with Crippen molar-refractivity contribution in [2.24, 2.45) is 5.92 Å². The van der Waals surface area contributed by atoms with Gasteiger partial charge in [0.05, 0.1) is 5.92 Å². The zero-order valence-electron chi connectivity index (χ0n) is 14.4. The molecular weight excluding hydrogens is 334 g/mol. The van der Waals surface area contributed by atoms with Crippen LogP contribution in [0.3, 0.4) is 0 Å². The van der Waals surface area contributed by atoms with Gasteiger partial charge in [-0.25, -0.2) is 4.68 Å². The first kappa shape index (κ1) is 16.2. The molecule has 0 spiro atoms. The minimum atomic E-state index is -0.131. The van der Waals surface area contributed by atoms with Crippen LogP contribution in [0, 0.1) is 12.8 Å². The number of amides is 1. The van der Waals surface area contributed by atoms with Gasteiger partial charge in [0.1, 0.15) is 5.76 Å². The van der Waals surface area contributed by atoms with Crippen molar-refractivity contribution in [2.75, 3.05) is 23.3 Å². The topological polar surface area (TPSA) is 102 Å². The van der Waals surface area contributed by atoms with Gasteiger partial charge in [0.15, 0.2) is 17.5 Å². The molecule has 9 nitrogen and oxygen atoms in total. The van der Waals surface area contributed by atoms with E-state index < -0.39 is 0 Å². The molecule has 1 N–H and O–H groups in total. The smallest absolute Gasteiger partial charge is 0.230 e. The van der Waals surface area contributed by atoms with E-state index in [4.69, 9.17) is 4.52 Å². The summed E-state index contributed by atoms with van der Waals surface area (Å²) in [5, 5.41) is 19.3. The third kappa shape index (κ3) is 3.41. The number of carbonyl (C=O) groups excluding carboxylic acids is 1. The van der Waals surface area contributed by atoms with Gasteiger partial charge in [-0.05, 0) is 38.0 Å². The number of piperidine rings is 1. The van der Waals surface area contributed by atoms with Gasteiger partial charge >= 0.3 is 0 Å². The van der Waals surface area contributed by atoms with Gasteiger partial charge in [0.2, 0.25) is 5.91 Å². The number of anilines is 2. The van der Waals surface area contributed by atoms with Crippen LogP contribution < -0.4 is 10.2 Å². The van der Waals surface area contributed by atoms with Crippen molar-refractivity contribution in [2.45, 2.75) is 19.8 Å². The summed E-state index contributed by atoms with van der Waals surface area (Å²) in [5.41, 5.74) is 0. The van der Waals surface area contributed by atoms with Crippen LogP contribution in [0.5, 0.6) is 0 Å². The Bertz CT molecular complexity index is 873. The first-order valence-electron chi connectivity index (χ1n) is 8.52. The lowest BCUT2D eigenvalue weighted by molar-refractivity contribution is -0.120. The number of aromatic nitrogens is 5. The van der Waals surface area contributed by atoms with E-state index in [0.717, 1.165) is 25.2 Å². The zero-order chi connectivity index (χ0) is 17.9. The van der Waals surface area contributed by atoms with Gasteiger partial charge < -0.3 is 14.7 Å². The molecule has 26 heavy (non-hydrogen) atoms. The summed E-state index contributed by atoms with van der Waals surface area (Å²) in [7, 11) is 0. The predicted octanol–water partition coefficient (Wildman–Crippen LogP) is 1.81. The Kier molecular flexibility index (Phi) is 4.34. The van der Waals surface area contributed by atoms with Crippen LogP contribution in [-0.4, -0.2) is 44.1 Å². The van der Waals surface area contributed by atoms with Crippen molar-refractivity contribution >= 4 is 17.5 Å². The van der Waals surface area contributed by atoms with Crippen LogP contribution in [0.15, 0.2) is 41.2 Å². The number of nitrogens with one attached hydrogen (secondary N) is 1. The molecule has 1 saturated heterocycles. The second-order valence-corrected chi connectivity index (χ2v) is 6.30. The maximum Gasteiger partial charge on any atom is 0.230 e. The molecule has 3 aromatic heterocycles. The van der Waals surface area contributed by atoms with Crippen LogP contribution in [0.25, 0.3) is 5.82 Å². The lowest BCUT2D eigenvalue weighted by atomic mass is 9.97. The van der Waals surface area contributed by atoms with Crippen LogP contribution >= 0.6 is 0 Å². The number of aryl methyl sites for hydroxylation is 1. The monoisotopic (exact) mass is 353 g/mol. The van der Waals surface area contributed by atoms with E-state index in [1.165, 1.54) is 0 Å². The third-order valence-corrected chi connectivity index (χ3v) is 4.37. The Morgan fingerprint density at radius 2 is 2.15 bits per heavy atom. The second kappa shape index (κ2) is 6.95. The summed E-state index contributed by atoms with van der Waals surface area (Å²) in [6.07, 6.45) is 5.26. The summed E-state index contributed by atoms with van der Waals surface area (Å²) in [6.45, 7) is 3.23. The Labute approximate surface area is 150 Å². The zero-order valence-corrected chi connectivity index (χ0v) is 14.4. The molecule has 0 saturated carbocycles. The number of carbonyl (C=O) groups is 1. The molecule has 4 rings (SSSR count). The highest BCUT2D eigenvalue weighted by Crippen LogP contribution is 2.23. The van der Waals surface area contributed by atoms with Crippen LogP contribution in [0.1, 0.15) is 18.6 Å². The van der Waals surface area contributed by atoms with Gasteiger partial charge in [0.25, 0.3) is 0 Å². The van der Waals surface area contributed by atoms with Gasteiger partial charge in [-0.15, -0.1) is 10.2 Å². The normalized spacial score (nSPS) is 17.3. The quantitative estimate of drug-likeness (QED) is 0.763. The average Bonchev–Trinajstić information content (AvgIpc) is 3.34. The van der Waals surface area contributed by atoms with Crippen molar-refractivity contribution in [3.63, 3.8) is 0 Å². The molecule has 1 amide bonds. The summed E-state index contributed by atoms with van der Waals surface area (Å²) >= 11 is 0. The van der Waals surface area contributed by atoms with E-state index in [2.05, 4.69) is 30.7 Å². The largest absolute Gasteiger partial charge is 0.360 e. The molecule has 3 aromatic rings. The Balaban J connectivity index is 1.42. The predicted molar refractivity (Wildman–Crippen MR) is 94.0 cm³/mol. The van der Waals surface area contributed by atoms with E-state index in [9.17, 15) is 4.79 Å². The molecule has 1 fully saturated rings. The first-order chi connectivity index (χ1) is 12.7. The maximum atomic E-state index is 12.5. The number of hydrogen-bond donors (Lipinski definition) is 1. The average molecular weight is 353 g/mol. The standard InChI is InChI=1S/C17H19N7O2/c1-12-10-14(22-26-12)19-17(25)13-4-2-8-23(11-13)15-5-6-16(21-20-15)24-9-3-7-18-24/h3,5-7,9-10,13H,2,4,8,11H2,1H3,(H,19,22,25)/t13-/m0/s1. The molecule has 4 heterocycles. The van der Waals surface area contributed by atoms with Gasteiger partial charge in [-0.1, -0.05) is 5.16 Å². The molecule has 1 atom stereocenters. The SMILES string of the molecule is Cc1cc(NC(=O)[C@H]2CCCN(c3ccc(-n4cccn4)nn3)C2)no1. The van der Waals surface area contributed by atoms with E-state index in [0.29, 0.717) is 23.9 Å². The fraction of sp³-hybridized carbons (Fsp3) is 0.353. The van der Waals surface area contributed by atoms with Gasteiger partial charge in [0, 0.05) is 31.5 Å². The number of hydrogen-bond acceptors (Lipinski definition) is 7. The van der Waals surface area contributed by atoms with E-state index in [1.54, 1.807) is 23.9 Å². The highest BCUT2D eigenvalue weighted by molar-refractivity contribution is 5.92. The molecule has 9 heteroatoms. The number of rotatable bonds is 4. The molecular formula is C17H19N7O2. The van der Waals surface area contributed by atoms with E-state index in [1.807, 2.05) is 24.4 Å². The molecule has 1 aliphatic rings. The Morgan fingerprint density at radius 3 is 2.85 bits per heavy atom. The van der Waals surface area contributed by atoms with Crippen molar-refractivity contribution in [3.8, 4) is 5.82 Å². The highest BCUT2D eigenvalue weighted by atomic mass is 16.5. The molecule has 0 unspecified atom stereocenters. The molecule has 134 valence electrons. The van der Waals surface area contributed by atoms with Crippen molar-refractivity contribution in [3.05, 3.63) is 42.4 Å². The Morgan fingerprint density at radius 1 is 1.31 bits per heavy atom. The Hall–Kier alpha value is -3.23. The highest BCUT2D eigenvalue weighted by Gasteiger charge is 2.27. The molecule has 0 bridgehead atoms. The van der Waals surface area contributed by atoms with Crippen LogP contribution in [0.4, 0.5) is 11.6 Å². The summed E-state index contributed by atoms with van der Waals surface area (Å²) in [4.78, 5) is 14.6. The van der Waals surface area contributed by atoms with Crippen molar-refractivity contribution < 1.29 is 9.32 Å². The fourth-order valence-electron chi connectivity index (χ4n) is 3.07. The summed E-state index contributed by atoms with van der Waals surface area (Å²) in [5.74, 6) is 2.35. The minimum Gasteiger partial charge on any atom is -0.360 e. The summed E-state index contributed by atoms with van der Waals surface area (Å²) < 4.78 is 6.64. The van der Waals surface area contributed by atoms with Gasteiger partial charge in [-0.3, -0.25) is 4.79 Å². The molecule has 1 aliphatic heterocycles. The lowest BCUT2D eigenvalue weighted by Crippen LogP contribution is -2.41. The summed E-state index contributed by atoms with van der Waals surface area (Å²) in [6, 6.07) is 7.32. The van der Waals surface area contributed by atoms with Crippen LogP contribution in [0.2, 0.25) is 0 Å². The second-order valence-electron chi connectivity index (χ2n) is 6.30. The van der Waals surface area contributed by atoms with Crippen molar-refractivity contribution in [1.82, 2.24) is 25.1 Å². The molecule has 0 aromatic carbocycles. The fourth-order valence-corrected chi connectivity index (χ4v) is 3.07.